The molecule has 1 aliphatic rings. The smallest absolute Gasteiger partial charge is 0.254 e. The molecular weight excluding hydrogens is 336 g/mol. The van der Waals surface area contributed by atoms with Gasteiger partial charge in [-0.05, 0) is 44.6 Å². The first-order valence-electron chi connectivity index (χ1n) is 8.69. The Morgan fingerprint density at radius 1 is 1.24 bits per heavy atom. The molecule has 0 saturated carbocycles. The number of amides is 2. The van der Waals surface area contributed by atoms with Crippen molar-refractivity contribution >= 4 is 28.2 Å². The minimum Gasteiger partial charge on any atom is -0.385 e. The quantitative estimate of drug-likeness (QED) is 0.423. The SMILES string of the molecule is C/C=C/C=C/C(=O)Nc1sc2c(c1C(=O)NCCCOC)CCCC2. The normalized spacial score (nSPS) is 14.0. The lowest BCUT2D eigenvalue weighted by Crippen LogP contribution is -2.27. The number of methoxy groups -OCH3 is 1. The van der Waals surface area contributed by atoms with Crippen molar-refractivity contribution < 1.29 is 14.3 Å². The first kappa shape index (κ1) is 19.4. The molecule has 1 aromatic rings. The van der Waals surface area contributed by atoms with Crippen LogP contribution in [0, 0.1) is 0 Å². The van der Waals surface area contributed by atoms with Crippen LogP contribution in [0.3, 0.4) is 0 Å². The molecule has 0 fully saturated rings. The van der Waals surface area contributed by atoms with Gasteiger partial charge in [0.05, 0.1) is 5.56 Å². The van der Waals surface area contributed by atoms with Crippen LogP contribution in [0.15, 0.2) is 24.3 Å². The van der Waals surface area contributed by atoms with Crippen molar-refractivity contribution in [3.8, 4) is 0 Å². The average molecular weight is 362 g/mol. The average Bonchev–Trinajstić information content (AvgIpc) is 2.96. The van der Waals surface area contributed by atoms with E-state index in [4.69, 9.17) is 4.74 Å². The first-order chi connectivity index (χ1) is 12.2. The number of rotatable bonds is 8. The van der Waals surface area contributed by atoms with Crippen LogP contribution in [0.4, 0.5) is 5.00 Å². The first-order valence-corrected chi connectivity index (χ1v) is 9.51. The van der Waals surface area contributed by atoms with Gasteiger partial charge in [0.1, 0.15) is 5.00 Å². The summed E-state index contributed by atoms with van der Waals surface area (Å²) in [5.41, 5.74) is 1.75. The predicted octanol–water partition coefficient (Wildman–Crippen LogP) is 3.46. The van der Waals surface area contributed by atoms with Gasteiger partial charge < -0.3 is 15.4 Å². The molecule has 25 heavy (non-hydrogen) atoms. The molecule has 1 aromatic heterocycles. The number of hydrogen-bond donors (Lipinski definition) is 2. The molecule has 0 unspecified atom stereocenters. The minimum atomic E-state index is -0.217. The Bertz CT molecular complexity index is 662. The van der Waals surface area contributed by atoms with E-state index < -0.39 is 0 Å². The van der Waals surface area contributed by atoms with Gasteiger partial charge in [0.2, 0.25) is 5.91 Å². The zero-order valence-electron chi connectivity index (χ0n) is 14.9. The van der Waals surface area contributed by atoms with Crippen LogP contribution in [0.25, 0.3) is 0 Å². The maximum absolute atomic E-state index is 12.7. The third kappa shape index (κ3) is 5.54. The van der Waals surface area contributed by atoms with Crippen molar-refractivity contribution in [2.45, 2.75) is 39.0 Å². The van der Waals surface area contributed by atoms with Gasteiger partial charge in [-0.1, -0.05) is 18.2 Å². The number of allylic oxidation sites excluding steroid dienone is 3. The molecule has 0 aliphatic heterocycles. The monoisotopic (exact) mass is 362 g/mol. The second kappa shape index (κ2) is 10.2. The summed E-state index contributed by atoms with van der Waals surface area (Å²) < 4.78 is 5.01. The molecule has 136 valence electrons. The second-order valence-corrected chi connectivity index (χ2v) is 7.00. The van der Waals surface area contributed by atoms with Crippen LogP contribution < -0.4 is 10.6 Å². The predicted molar refractivity (Wildman–Crippen MR) is 102 cm³/mol. The van der Waals surface area contributed by atoms with Gasteiger partial charge in [0.25, 0.3) is 5.91 Å². The number of anilines is 1. The van der Waals surface area contributed by atoms with E-state index in [1.807, 2.05) is 13.0 Å². The Balaban J connectivity index is 2.16. The van der Waals surface area contributed by atoms with Gasteiger partial charge in [-0.2, -0.15) is 0 Å². The maximum atomic E-state index is 12.7. The summed E-state index contributed by atoms with van der Waals surface area (Å²) in [5.74, 6) is -0.326. The fourth-order valence-corrected chi connectivity index (χ4v) is 4.10. The number of fused-ring (bicyclic) bond motifs is 1. The van der Waals surface area contributed by atoms with E-state index in [0.717, 1.165) is 37.7 Å². The van der Waals surface area contributed by atoms with E-state index in [9.17, 15) is 9.59 Å². The lowest BCUT2D eigenvalue weighted by molar-refractivity contribution is -0.111. The van der Waals surface area contributed by atoms with Gasteiger partial charge >= 0.3 is 0 Å². The zero-order chi connectivity index (χ0) is 18.1. The Morgan fingerprint density at radius 2 is 2.04 bits per heavy atom. The fourth-order valence-electron chi connectivity index (χ4n) is 2.81. The summed E-state index contributed by atoms with van der Waals surface area (Å²) in [4.78, 5) is 26.0. The highest BCUT2D eigenvalue weighted by Crippen LogP contribution is 2.38. The van der Waals surface area contributed by atoms with Gasteiger partial charge in [-0.3, -0.25) is 9.59 Å². The molecule has 0 radical (unpaired) electrons. The van der Waals surface area contributed by atoms with E-state index in [0.29, 0.717) is 23.7 Å². The van der Waals surface area contributed by atoms with Crippen LogP contribution in [0.5, 0.6) is 0 Å². The fraction of sp³-hybridized carbons (Fsp3) is 0.474. The Morgan fingerprint density at radius 3 is 2.80 bits per heavy atom. The highest BCUT2D eigenvalue weighted by Gasteiger charge is 2.25. The number of thiophene rings is 1. The van der Waals surface area contributed by atoms with E-state index >= 15 is 0 Å². The standard InChI is InChI=1S/C19H26N2O3S/c1-3-4-5-11-16(22)21-19-17(18(23)20-12-8-13-24-2)14-9-6-7-10-15(14)25-19/h3-5,11H,6-10,12-13H2,1-2H3,(H,20,23)(H,21,22)/b4-3+,11-5+. The molecule has 5 nitrogen and oxygen atoms in total. The van der Waals surface area contributed by atoms with Crippen molar-refractivity contribution in [2.75, 3.05) is 25.6 Å². The third-order valence-electron chi connectivity index (χ3n) is 4.00. The largest absolute Gasteiger partial charge is 0.385 e. The number of carbonyl (C=O) groups is 2. The molecule has 0 aromatic carbocycles. The highest BCUT2D eigenvalue weighted by molar-refractivity contribution is 7.17. The third-order valence-corrected chi connectivity index (χ3v) is 5.20. The van der Waals surface area contributed by atoms with Crippen molar-refractivity contribution in [1.29, 1.82) is 0 Å². The molecule has 0 bridgehead atoms. The molecular formula is C19H26N2O3S. The number of nitrogens with one attached hydrogen (secondary N) is 2. The summed E-state index contributed by atoms with van der Waals surface area (Å²) in [6, 6.07) is 0. The Kier molecular flexibility index (Phi) is 7.88. The van der Waals surface area contributed by atoms with Crippen molar-refractivity contribution in [2.24, 2.45) is 0 Å². The van der Waals surface area contributed by atoms with Gasteiger partial charge in [-0.25, -0.2) is 0 Å². The van der Waals surface area contributed by atoms with E-state index in [2.05, 4.69) is 10.6 Å². The molecule has 2 rings (SSSR count). The van der Waals surface area contributed by atoms with Gasteiger partial charge in [0, 0.05) is 31.2 Å². The van der Waals surface area contributed by atoms with Gasteiger partial charge in [0.15, 0.2) is 0 Å². The molecule has 2 N–H and O–H groups in total. The minimum absolute atomic E-state index is 0.108. The lowest BCUT2D eigenvalue weighted by Gasteiger charge is -2.13. The topological polar surface area (TPSA) is 67.4 Å². The summed E-state index contributed by atoms with van der Waals surface area (Å²) >= 11 is 1.53. The second-order valence-electron chi connectivity index (χ2n) is 5.89. The molecule has 6 heteroatoms. The molecule has 2 amide bonds. The lowest BCUT2D eigenvalue weighted by atomic mass is 9.95. The number of ether oxygens (including phenoxy) is 1. The van der Waals surface area contributed by atoms with E-state index in [1.54, 1.807) is 19.3 Å². The molecule has 0 saturated heterocycles. The Hall–Kier alpha value is -1.92. The van der Waals surface area contributed by atoms with Crippen LogP contribution in [0.1, 0.15) is 47.0 Å². The van der Waals surface area contributed by atoms with Crippen molar-refractivity contribution in [1.82, 2.24) is 5.32 Å². The van der Waals surface area contributed by atoms with Crippen molar-refractivity contribution in [3.05, 3.63) is 40.3 Å². The number of aryl methyl sites for hydroxylation is 1. The number of hydrogen-bond acceptors (Lipinski definition) is 4. The van der Waals surface area contributed by atoms with Crippen LogP contribution in [-0.2, 0) is 22.4 Å². The molecule has 1 aliphatic carbocycles. The maximum Gasteiger partial charge on any atom is 0.254 e. The summed E-state index contributed by atoms with van der Waals surface area (Å²) in [6.45, 7) is 3.06. The summed E-state index contributed by atoms with van der Waals surface area (Å²) in [6.07, 6.45) is 11.7. The number of carbonyl (C=O) groups excluding carboxylic acids is 2. The van der Waals surface area contributed by atoms with Crippen LogP contribution in [-0.4, -0.2) is 32.1 Å². The molecule has 0 atom stereocenters. The van der Waals surface area contributed by atoms with Crippen molar-refractivity contribution in [3.63, 3.8) is 0 Å². The van der Waals surface area contributed by atoms with Gasteiger partial charge in [-0.15, -0.1) is 11.3 Å². The van der Waals surface area contributed by atoms with E-state index in [-0.39, 0.29) is 11.8 Å². The summed E-state index contributed by atoms with van der Waals surface area (Å²) in [5, 5.41) is 6.48. The Labute approximate surface area is 153 Å². The summed E-state index contributed by atoms with van der Waals surface area (Å²) in [7, 11) is 1.64. The zero-order valence-corrected chi connectivity index (χ0v) is 15.7. The van der Waals surface area contributed by atoms with Crippen LogP contribution >= 0.6 is 11.3 Å². The van der Waals surface area contributed by atoms with Crippen LogP contribution in [0.2, 0.25) is 0 Å². The van der Waals surface area contributed by atoms with E-state index in [1.165, 1.54) is 22.3 Å². The highest BCUT2D eigenvalue weighted by atomic mass is 32.1. The molecule has 0 spiro atoms. The molecule has 1 heterocycles.